The average Bonchev–Trinajstić information content (AvgIpc) is 3.03. The molecule has 5 heteroatoms. The fourth-order valence-electron chi connectivity index (χ4n) is 2.90. The molecular formula is C22H29NO3S. The zero-order chi connectivity index (χ0) is 19.5. The van der Waals surface area contributed by atoms with Gasteiger partial charge in [-0.15, -0.1) is 11.3 Å². The Morgan fingerprint density at radius 2 is 1.93 bits per heavy atom. The van der Waals surface area contributed by atoms with Crippen LogP contribution in [0.15, 0.2) is 35.3 Å². The van der Waals surface area contributed by atoms with Crippen LogP contribution in [0.4, 0.5) is 0 Å². The number of carbonyl (C=O) groups is 2. The van der Waals surface area contributed by atoms with Crippen LogP contribution < -0.4 is 0 Å². The standard InChI is InChI=1S/C22H29NO3S/c1-17(15-19-16-27-18(2)23-19)21-13-9-7-5-3-4-6-8-11-20(24)12-10-14-22(25)26-21/h3-4,7,9,15-16,21H,5-6,8,10-14H2,1-2H3. The molecular weight excluding hydrogens is 358 g/mol. The zero-order valence-corrected chi connectivity index (χ0v) is 17.1. The van der Waals surface area contributed by atoms with Crippen LogP contribution in [0.5, 0.6) is 0 Å². The highest BCUT2D eigenvalue weighted by atomic mass is 32.1. The van der Waals surface area contributed by atoms with Crippen molar-refractivity contribution in [1.29, 1.82) is 0 Å². The number of carbonyl (C=O) groups excluding carboxylic acids is 2. The number of rotatable bonds is 2. The summed E-state index contributed by atoms with van der Waals surface area (Å²) in [6.45, 7) is 3.95. The van der Waals surface area contributed by atoms with E-state index in [-0.39, 0.29) is 24.3 Å². The van der Waals surface area contributed by atoms with Gasteiger partial charge in [-0.2, -0.15) is 0 Å². The molecule has 1 aliphatic heterocycles. The van der Waals surface area contributed by atoms with Gasteiger partial charge in [-0.05, 0) is 51.2 Å². The number of allylic oxidation sites excluding steroid dienone is 3. The monoisotopic (exact) mass is 387 g/mol. The first-order valence-electron chi connectivity index (χ1n) is 9.66. The van der Waals surface area contributed by atoms with Gasteiger partial charge in [0.05, 0.1) is 10.7 Å². The normalized spacial score (nSPS) is 21.3. The summed E-state index contributed by atoms with van der Waals surface area (Å²) in [5.74, 6) is -0.00915. The Kier molecular flexibility index (Phi) is 9.19. The van der Waals surface area contributed by atoms with Gasteiger partial charge >= 0.3 is 5.97 Å². The first-order chi connectivity index (χ1) is 13.0. The molecule has 0 saturated heterocycles. The summed E-state index contributed by atoms with van der Waals surface area (Å²) in [6.07, 6.45) is 15.3. The van der Waals surface area contributed by atoms with Crippen LogP contribution >= 0.6 is 11.3 Å². The van der Waals surface area contributed by atoms with Crippen molar-refractivity contribution < 1.29 is 14.3 Å². The van der Waals surface area contributed by atoms with Gasteiger partial charge in [0.25, 0.3) is 0 Å². The molecule has 0 N–H and O–H groups in total. The van der Waals surface area contributed by atoms with E-state index in [1.807, 2.05) is 25.3 Å². The number of thiazole rings is 1. The number of ether oxygens (including phenoxy) is 1. The molecule has 0 bridgehead atoms. The average molecular weight is 388 g/mol. The molecule has 0 amide bonds. The fourth-order valence-corrected chi connectivity index (χ4v) is 3.47. The second-order valence-electron chi connectivity index (χ2n) is 6.86. The van der Waals surface area contributed by atoms with Crippen molar-refractivity contribution in [1.82, 2.24) is 4.98 Å². The zero-order valence-electron chi connectivity index (χ0n) is 16.3. The largest absolute Gasteiger partial charge is 0.457 e. The number of cyclic esters (lactones) is 1. The minimum Gasteiger partial charge on any atom is -0.457 e. The molecule has 1 atom stereocenters. The van der Waals surface area contributed by atoms with Crippen LogP contribution in [0, 0.1) is 6.92 Å². The Balaban J connectivity index is 2.07. The van der Waals surface area contributed by atoms with Gasteiger partial charge in [0.1, 0.15) is 11.9 Å². The van der Waals surface area contributed by atoms with Gasteiger partial charge in [-0.25, -0.2) is 4.98 Å². The summed E-state index contributed by atoms with van der Waals surface area (Å²) in [6, 6.07) is 0. The Morgan fingerprint density at radius 1 is 1.15 bits per heavy atom. The predicted molar refractivity (Wildman–Crippen MR) is 111 cm³/mol. The van der Waals surface area contributed by atoms with Crippen LogP contribution in [0.25, 0.3) is 6.08 Å². The van der Waals surface area contributed by atoms with Gasteiger partial charge < -0.3 is 4.74 Å². The Hall–Kier alpha value is -2.01. The lowest BCUT2D eigenvalue weighted by Gasteiger charge is -2.17. The van der Waals surface area contributed by atoms with Crippen molar-refractivity contribution in [3.8, 4) is 0 Å². The van der Waals surface area contributed by atoms with E-state index < -0.39 is 0 Å². The predicted octanol–water partition coefficient (Wildman–Crippen LogP) is 5.58. The van der Waals surface area contributed by atoms with Crippen molar-refractivity contribution in [2.45, 2.75) is 71.3 Å². The van der Waals surface area contributed by atoms with E-state index in [1.54, 1.807) is 11.3 Å². The fraction of sp³-hybridized carbons (Fsp3) is 0.500. The Labute approximate surface area is 166 Å². The summed E-state index contributed by atoms with van der Waals surface area (Å²) in [5.41, 5.74) is 1.88. The molecule has 2 rings (SSSR count). The smallest absolute Gasteiger partial charge is 0.306 e. The lowest BCUT2D eigenvalue weighted by atomic mass is 10.1. The number of Topliss-reactive ketones (excluding diaryl/α,β-unsaturated/α-hetero) is 1. The SMILES string of the molecule is CC(=Cc1csc(C)n1)C1CC=CCC=CCCCC(=O)CCCC(=O)O1. The summed E-state index contributed by atoms with van der Waals surface area (Å²) in [4.78, 5) is 28.6. The molecule has 0 saturated carbocycles. The second kappa shape index (κ2) is 11.7. The maximum atomic E-state index is 12.2. The van der Waals surface area contributed by atoms with Crippen LogP contribution in [-0.2, 0) is 14.3 Å². The first-order valence-corrected chi connectivity index (χ1v) is 10.5. The summed E-state index contributed by atoms with van der Waals surface area (Å²) >= 11 is 1.60. The van der Waals surface area contributed by atoms with E-state index in [0.29, 0.717) is 25.7 Å². The quantitative estimate of drug-likeness (QED) is 0.491. The maximum Gasteiger partial charge on any atom is 0.306 e. The third-order valence-electron chi connectivity index (χ3n) is 4.41. The van der Waals surface area contributed by atoms with Crippen LogP contribution in [-0.4, -0.2) is 22.8 Å². The van der Waals surface area contributed by atoms with Crippen molar-refractivity contribution >= 4 is 29.2 Å². The third-order valence-corrected chi connectivity index (χ3v) is 5.20. The third kappa shape index (κ3) is 8.48. The van der Waals surface area contributed by atoms with Crippen molar-refractivity contribution in [3.63, 3.8) is 0 Å². The molecule has 1 aliphatic rings. The van der Waals surface area contributed by atoms with Crippen LogP contribution in [0.1, 0.15) is 69.0 Å². The molecule has 0 aromatic carbocycles. The van der Waals surface area contributed by atoms with Crippen molar-refractivity contribution in [2.24, 2.45) is 0 Å². The highest BCUT2D eigenvalue weighted by molar-refractivity contribution is 7.09. The summed E-state index contributed by atoms with van der Waals surface area (Å²) in [7, 11) is 0. The Morgan fingerprint density at radius 3 is 2.70 bits per heavy atom. The number of aromatic nitrogens is 1. The molecule has 0 aliphatic carbocycles. The Bertz CT molecular complexity index is 715. The number of aryl methyl sites for hydroxylation is 1. The molecule has 27 heavy (non-hydrogen) atoms. The lowest BCUT2D eigenvalue weighted by molar-refractivity contribution is -0.147. The molecule has 1 aromatic rings. The first kappa shape index (κ1) is 21.3. The number of hydrogen-bond acceptors (Lipinski definition) is 5. The number of ketones is 1. The minimum atomic E-state index is -0.302. The summed E-state index contributed by atoms with van der Waals surface area (Å²) < 4.78 is 5.72. The van der Waals surface area contributed by atoms with Crippen molar-refractivity contribution in [2.75, 3.05) is 0 Å². The van der Waals surface area contributed by atoms with Gasteiger partial charge in [-0.1, -0.05) is 24.3 Å². The van der Waals surface area contributed by atoms with Gasteiger partial charge in [-0.3, -0.25) is 9.59 Å². The molecule has 4 nitrogen and oxygen atoms in total. The summed E-state index contributed by atoms with van der Waals surface area (Å²) in [5, 5.41) is 3.02. The maximum absolute atomic E-state index is 12.2. The van der Waals surface area contributed by atoms with E-state index in [1.165, 1.54) is 0 Å². The molecule has 0 spiro atoms. The lowest BCUT2D eigenvalue weighted by Crippen LogP contribution is -2.19. The number of esters is 1. The minimum absolute atomic E-state index is 0.231. The van der Waals surface area contributed by atoms with Crippen LogP contribution in [0.2, 0.25) is 0 Å². The van der Waals surface area contributed by atoms with E-state index >= 15 is 0 Å². The van der Waals surface area contributed by atoms with Gasteiger partial charge in [0, 0.05) is 31.1 Å². The number of nitrogens with zero attached hydrogens (tertiary/aromatic N) is 1. The number of hydrogen-bond donors (Lipinski definition) is 0. The van der Waals surface area contributed by atoms with Gasteiger partial charge in [0.2, 0.25) is 0 Å². The molecule has 2 heterocycles. The molecule has 1 aromatic heterocycles. The van der Waals surface area contributed by atoms with E-state index in [0.717, 1.165) is 35.5 Å². The molecule has 1 unspecified atom stereocenters. The second-order valence-corrected chi connectivity index (χ2v) is 7.92. The van der Waals surface area contributed by atoms with Crippen molar-refractivity contribution in [3.05, 3.63) is 46.0 Å². The van der Waals surface area contributed by atoms with Gasteiger partial charge in [0.15, 0.2) is 0 Å². The highest BCUT2D eigenvalue weighted by Gasteiger charge is 2.16. The van der Waals surface area contributed by atoms with Crippen LogP contribution in [0.3, 0.4) is 0 Å². The molecule has 0 fully saturated rings. The molecule has 146 valence electrons. The van der Waals surface area contributed by atoms with E-state index in [4.69, 9.17) is 4.74 Å². The molecule has 0 radical (unpaired) electrons. The topological polar surface area (TPSA) is 56.3 Å². The van der Waals surface area contributed by atoms with E-state index in [9.17, 15) is 9.59 Å². The highest BCUT2D eigenvalue weighted by Crippen LogP contribution is 2.19. The van der Waals surface area contributed by atoms with E-state index in [2.05, 4.69) is 29.3 Å².